The van der Waals surface area contributed by atoms with Gasteiger partial charge in [0.15, 0.2) is 11.5 Å². The van der Waals surface area contributed by atoms with Gasteiger partial charge in [0.05, 0.1) is 30.8 Å². The molecule has 6 atom stereocenters. The van der Waals surface area contributed by atoms with Gasteiger partial charge in [-0.3, -0.25) is 29.0 Å². The minimum absolute atomic E-state index is 0.00944. The van der Waals surface area contributed by atoms with E-state index in [0.717, 1.165) is 75.3 Å². The Morgan fingerprint density at radius 2 is 1.32 bits per heavy atom. The van der Waals surface area contributed by atoms with Crippen LogP contribution in [0.1, 0.15) is 88.5 Å². The molecule has 7 rings (SSSR count). The molecule has 2 heterocycles. The standard InChI is InChI=1S/C33H40N2O6/c1-41-26-16-18(12-15-25(26)36)27-21-13-14-22-28(32(39)34(30(22)37)19-8-4-2-5-9-19)23(21)17-24-29(27)33(40)35(31(24)38)20-10-6-3-7-11-20/h12-13,15-16,19-20,22-24,27-29,36H,2-11,14,17H2,1H3/t22-,23+,24+,27-,28-,29+/m0/s1. The SMILES string of the molecule is COc1cc([C@H]2C3=CC[C@@H]4C(=O)N(C5CCCCC5)C(=O)[C@@H]4[C@@H]3C[C@H]3C(=O)N(C4CCCCC4)C(=O)[C@@H]23)ccc1O. The number of likely N-dealkylation sites (tertiary alicyclic amines) is 2. The Bertz CT molecular complexity index is 1310. The third-order valence-electron chi connectivity index (χ3n) is 11.2. The number of amides is 4. The van der Waals surface area contributed by atoms with E-state index in [4.69, 9.17) is 4.74 Å². The Hall–Kier alpha value is -3.16. The molecular weight excluding hydrogens is 520 g/mol. The Morgan fingerprint density at radius 3 is 1.93 bits per heavy atom. The first kappa shape index (κ1) is 26.7. The molecule has 1 aromatic carbocycles. The molecule has 0 radical (unpaired) electrons. The van der Waals surface area contributed by atoms with Crippen molar-refractivity contribution in [3.05, 3.63) is 35.4 Å². The second-order valence-corrected chi connectivity index (χ2v) is 13.1. The molecule has 3 saturated carbocycles. The van der Waals surface area contributed by atoms with Crippen molar-refractivity contribution in [2.24, 2.45) is 29.6 Å². The van der Waals surface area contributed by atoms with Crippen LogP contribution in [0, 0.1) is 29.6 Å². The first-order chi connectivity index (χ1) is 19.9. The Morgan fingerprint density at radius 1 is 0.732 bits per heavy atom. The van der Waals surface area contributed by atoms with Crippen LogP contribution < -0.4 is 4.74 Å². The summed E-state index contributed by atoms with van der Waals surface area (Å²) in [4.78, 5) is 59.3. The summed E-state index contributed by atoms with van der Waals surface area (Å²) in [5.74, 6) is -2.67. The van der Waals surface area contributed by atoms with Crippen molar-refractivity contribution in [3.63, 3.8) is 0 Å². The van der Waals surface area contributed by atoms with Crippen LogP contribution in [-0.4, -0.2) is 57.7 Å². The first-order valence-electron chi connectivity index (χ1n) is 15.7. The minimum Gasteiger partial charge on any atom is -0.504 e. The summed E-state index contributed by atoms with van der Waals surface area (Å²) in [6, 6.07) is 5.07. The van der Waals surface area contributed by atoms with Crippen molar-refractivity contribution in [2.45, 2.75) is 95.1 Å². The first-order valence-corrected chi connectivity index (χ1v) is 15.7. The zero-order chi connectivity index (χ0) is 28.4. The van der Waals surface area contributed by atoms with E-state index in [0.29, 0.717) is 18.6 Å². The van der Waals surface area contributed by atoms with Crippen LogP contribution in [0.4, 0.5) is 0 Å². The molecule has 218 valence electrons. The predicted molar refractivity (Wildman–Crippen MR) is 150 cm³/mol. The number of aromatic hydroxyl groups is 1. The molecule has 6 aliphatic rings. The largest absolute Gasteiger partial charge is 0.504 e. The number of imide groups is 2. The van der Waals surface area contributed by atoms with Crippen molar-refractivity contribution in [1.82, 2.24) is 9.80 Å². The molecule has 2 saturated heterocycles. The van der Waals surface area contributed by atoms with Gasteiger partial charge in [0.1, 0.15) is 0 Å². The fourth-order valence-electron chi connectivity index (χ4n) is 9.30. The van der Waals surface area contributed by atoms with E-state index in [1.807, 2.05) is 6.07 Å². The fraction of sp³-hybridized carbons (Fsp3) is 0.636. The molecule has 1 aromatic rings. The van der Waals surface area contributed by atoms with Crippen LogP contribution in [0.2, 0.25) is 0 Å². The fourth-order valence-corrected chi connectivity index (χ4v) is 9.30. The third kappa shape index (κ3) is 4.07. The van der Waals surface area contributed by atoms with Gasteiger partial charge in [0, 0.05) is 18.0 Å². The van der Waals surface area contributed by atoms with Gasteiger partial charge >= 0.3 is 0 Å². The number of methoxy groups -OCH3 is 1. The summed E-state index contributed by atoms with van der Waals surface area (Å²) in [6.07, 6.45) is 12.8. The molecule has 4 amide bonds. The number of rotatable bonds is 4. The highest BCUT2D eigenvalue weighted by atomic mass is 16.5. The number of carbonyl (C=O) groups is 4. The third-order valence-corrected chi connectivity index (χ3v) is 11.2. The highest BCUT2D eigenvalue weighted by Gasteiger charge is 2.63. The molecule has 41 heavy (non-hydrogen) atoms. The average molecular weight is 561 g/mol. The quantitative estimate of drug-likeness (QED) is 0.423. The van der Waals surface area contributed by atoms with Gasteiger partial charge in [0.25, 0.3) is 0 Å². The number of ether oxygens (including phenoxy) is 1. The van der Waals surface area contributed by atoms with E-state index in [2.05, 4.69) is 6.08 Å². The number of carbonyl (C=O) groups excluding carboxylic acids is 4. The summed E-state index contributed by atoms with van der Waals surface area (Å²) in [5.41, 5.74) is 1.80. The van der Waals surface area contributed by atoms with Crippen LogP contribution in [0.3, 0.4) is 0 Å². The zero-order valence-corrected chi connectivity index (χ0v) is 23.8. The maximum atomic E-state index is 14.2. The molecule has 2 aliphatic heterocycles. The van der Waals surface area contributed by atoms with Crippen LogP contribution in [0.5, 0.6) is 11.5 Å². The van der Waals surface area contributed by atoms with Crippen LogP contribution in [0.15, 0.2) is 29.8 Å². The molecule has 0 spiro atoms. The summed E-state index contributed by atoms with van der Waals surface area (Å²) >= 11 is 0. The molecule has 8 nitrogen and oxygen atoms in total. The Labute approximate surface area is 241 Å². The monoisotopic (exact) mass is 560 g/mol. The smallest absolute Gasteiger partial charge is 0.234 e. The van der Waals surface area contributed by atoms with Crippen LogP contribution >= 0.6 is 0 Å². The van der Waals surface area contributed by atoms with Gasteiger partial charge in [-0.15, -0.1) is 0 Å². The molecule has 8 heteroatoms. The second-order valence-electron chi connectivity index (χ2n) is 13.1. The number of nitrogens with zero attached hydrogens (tertiary/aromatic N) is 2. The number of phenols is 1. The summed E-state index contributed by atoms with van der Waals surface area (Å²) in [7, 11) is 1.49. The van der Waals surface area contributed by atoms with Gasteiger partial charge in [-0.2, -0.15) is 0 Å². The number of benzene rings is 1. The molecular formula is C33H40N2O6. The van der Waals surface area contributed by atoms with Crippen LogP contribution in [0.25, 0.3) is 0 Å². The Kier molecular flexibility index (Phi) is 6.70. The van der Waals surface area contributed by atoms with E-state index in [1.165, 1.54) is 7.11 Å². The van der Waals surface area contributed by atoms with E-state index < -0.39 is 29.6 Å². The van der Waals surface area contributed by atoms with Crippen LogP contribution in [-0.2, 0) is 19.2 Å². The van der Waals surface area contributed by atoms with Gasteiger partial charge < -0.3 is 9.84 Å². The highest BCUT2D eigenvalue weighted by Crippen LogP contribution is 2.59. The topological polar surface area (TPSA) is 104 Å². The molecule has 0 unspecified atom stereocenters. The van der Waals surface area contributed by atoms with Gasteiger partial charge in [-0.25, -0.2) is 0 Å². The maximum absolute atomic E-state index is 14.2. The number of hydrogen-bond donors (Lipinski definition) is 1. The van der Waals surface area contributed by atoms with Crippen molar-refractivity contribution in [1.29, 1.82) is 0 Å². The summed E-state index contributed by atoms with van der Waals surface area (Å²) in [5, 5.41) is 10.3. The lowest BCUT2D eigenvalue weighted by Crippen LogP contribution is -2.44. The van der Waals surface area contributed by atoms with Crippen molar-refractivity contribution < 1.29 is 29.0 Å². The molecule has 5 fully saturated rings. The second kappa shape index (κ2) is 10.3. The van der Waals surface area contributed by atoms with E-state index in [9.17, 15) is 24.3 Å². The highest BCUT2D eigenvalue weighted by molar-refractivity contribution is 6.08. The van der Waals surface area contributed by atoms with Gasteiger partial charge in [0.2, 0.25) is 23.6 Å². The molecule has 0 aromatic heterocycles. The zero-order valence-electron chi connectivity index (χ0n) is 23.8. The summed E-state index contributed by atoms with van der Waals surface area (Å²) in [6.45, 7) is 0. The van der Waals surface area contributed by atoms with E-state index in [-0.39, 0.29) is 47.4 Å². The predicted octanol–water partition coefficient (Wildman–Crippen LogP) is 4.70. The minimum atomic E-state index is -0.556. The van der Waals surface area contributed by atoms with E-state index >= 15 is 0 Å². The molecule has 0 bridgehead atoms. The lowest BCUT2D eigenvalue weighted by molar-refractivity contribution is -0.145. The number of phenolic OH excluding ortho intramolecular Hbond substituents is 1. The van der Waals surface area contributed by atoms with Crippen molar-refractivity contribution >= 4 is 23.6 Å². The van der Waals surface area contributed by atoms with Crippen molar-refractivity contribution in [2.75, 3.05) is 7.11 Å². The Balaban J connectivity index is 1.30. The number of fused-ring (bicyclic) bond motifs is 4. The lowest BCUT2D eigenvalue weighted by Gasteiger charge is -2.44. The number of allylic oxidation sites excluding steroid dienone is 2. The molecule has 4 aliphatic carbocycles. The van der Waals surface area contributed by atoms with Crippen molar-refractivity contribution in [3.8, 4) is 11.5 Å². The average Bonchev–Trinajstić information content (AvgIpc) is 3.41. The lowest BCUT2D eigenvalue weighted by atomic mass is 9.57. The maximum Gasteiger partial charge on any atom is 0.234 e. The molecule has 1 N–H and O–H groups in total. The summed E-state index contributed by atoms with van der Waals surface area (Å²) < 4.78 is 5.43. The van der Waals surface area contributed by atoms with Gasteiger partial charge in [-0.05, 0) is 62.1 Å². The van der Waals surface area contributed by atoms with E-state index in [1.54, 1.807) is 21.9 Å². The van der Waals surface area contributed by atoms with Gasteiger partial charge in [-0.1, -0.05) is 56.2 Å². The normalized spacial score (nSPS) is 34.4. The number of hydrogen-bond acceptors (Lipinski definition) is 6.